The summed E-state index contributed by atoms with van der Waals surface area (Å²) in [6.07, 6.45) is 1.68. The number of hydrogen-bond acceptors (Lipinski definition) is 4. The molecule has 0 spiro atoms. The lowest BCUT2D eigenvalue weighted by molar-refractivity contribution is 0.729. The molecule has 0 aliphatic heterocycles. The van der Waals surface area contributed by atoms with Gasteiger partial charge in [0.1, 0.15) is 0 Å². The van der Waals surface area contributed by atoms with Crippen molar-refractivity contribution in [1.29, 1.82) is 0 Å². The topological polar surface area (TPSA) is 56.5 Å². The normalized spacial score (nSPS) is 10.7. The Balaban J connectivity index is 2.87. The summed E-state index contributed by atoms with van der Waals surface area (Å²) >= 11 is 0. The monoisotopic (exact) mass is 149 g/mol. The molecule has 2 aromatic rings. The van der Waals surface area contributed by atoms with Crippen molar-refractivity contribution in [3.05, 3.63) is 11.9 Å². The molecule has 5 nitrogen and oxygen atoms in total. The Kier molecular flexibility index (Phi) is 1.12. The van der Waals surface area contributed by atoms with Gasteiger partial charge in [-0.1, -0.05) is 5.21 Å². The third kappa shape index (κ3) is 0.849. The van der Waals surface area contributed by atoms with Gasteiger partial charge in [-0.3, -0.25) is 0 Å². The first kappa shape index (κ1) is 6.21. The van der Waals surface area contributed by atoms with Crippen LogP contribution in [0.15, 0.2) is 6.20 Å². The van der Waals surface area contributed by atoms with Crippen LogP contribution in [0.2, 0.25) is 0 Å². The molecule has 2 rings (SSSR count). The zero-order valence-corrected chi connectivity index (χ0v) is 6.31. The van der Waals surface area contributed by atoms with Gasteiger partial charge in [0.25, 0.3) is 0 Å². The van der Waals surface area contributed by atoms with Crippen molar-refractivity contribution in [2.45, 2.75) is 6.92 Å². The van der Waals surface area contributed by atoms with Gasteiger partial charge in [-0.2, -0.15) is 0 Å². The predicted molar refractivity (Wildman–Crippen MR) is 38.8 cm³/mol. The lowest BCUT2D eigenvalue weighted by atomic mass is 10.5. The molecule has 0 atom stereocenters. The van der Waals surface area contributed by atoms with E-state index in [1.54, 1.807) is 17.9 Å². The minimum absolute atomic E-state index is 0.595. The smallest absolute Gasteiger partial charge is 0.221 e. The Morgan fingerprint density at radius 2 is 2.27 bits per heavy atom. The van der Waals surface area contributed by atoms with Crippen LogP contribution in [0.1, 0.15) is 5.69 Å². The van der Waals surface area contributed by atoms with E-state index in [0.717, 1.165) is 11.3 Å². The third-order valence-corrected chi connectivity index (χ3v) is 1.44. The Labute approximate surface area is 63.1 Å². The van der Waals surface area contributed by atoms with E-state index >= 15 is 0 Å². The average Bonchev–Trinajstić information content (AvgIpc) is 2.33. The van der Waals surface area contributed by atoms with Gasteiger partial charge in [0.2, 0.25) is 5.65 Å². The molecule has 0 unspecified atom stereocenters. The number of nitrogens with zero attached hydrogens (tertiary/aromatic N) is 5. The van der Waals surface area contributed by atoms with Crippen molar-refractivity contribution in [2.75, 3.05) is 0 Å². The maximum absolute atomic E-state index is 4.21. The summed E-state index contributed by atoms with van der Waals surface area (Å²) in [4.78, 5) is 8.26. The fourth-order valence-corrected chi connectivity index (χ4v) is 0.898. The first-order valence-corrected chi connectivity index (χ1v) is 3.26. The molecular weight excluding hydrogens is 142 g/mol. The van der Waals surface area contributed by atoms with Gasteiger partial charge in [-0.05, 0) is 6.92 Å². The van der Waals surface area contributed by atoms with Crippen LogP contribution in [0.3, 0.4) is 0 Å². The highest BCUT2D eigenvalue weighted by atomic mass is 15.4. The fraction of sp³-hybridized carbons (Fsp3) is 0.333. The zero-order chi connectivity index (χ0) is 7.84. The highest BCUT2D eigenvalue weighted by Crippen LogP contribution is 2.02. The van der Waals surface area contributed by atoms with E-state index in [9.17, 15) is 0 Å². The molecule has 56 valence electrons. The molecule has 0 bridgehead atoms. The molecule has 0 N–H and O–H groups in total. The molecule has 2 aromatic heterocycles. The average molecular weight is 149 g/mol. The maximum Gasteiger partial charge on any atom is 0.221 e. The summed E-state index contributed by atoms with van der Waals surface area (Å²) in [5.74, 6) is 0. The number of aryl methyl sites for hydroxylation is 2. The van der Waals surface area contributed by atoms with Crippen LogP contribution in [0, 0.1) is 6.92 Å². The summed E-state index contributed by atoms with van der Waals surface area (Å²) in [6, 6.07) is 0. The summed E-state index contributed by atoms with van der Waals surface area (Å²) in [5, 5.41) is 7.58. The molecule has 0 fully saturated rings. The van der Waals surface area contributed by atoms with Gasteiger partial charge in [0.15, 0.2) is 5.65 Å². The first-order valence-electron chi connectivity index (χ1n) is 3.26. The van der Waals surface area contributed by atoms with E-state index in [2.05, 4.69) is 20.3 Å². The van der Waals surface area contributed by atoms with Crippen LogP contribution < -0.4 is 0 Å². The molecule has 0 aliphatic rings. The molecule has 0 radical (unpaired) electrons. The minimum Gasteiger partial charge on any atom is -0.230 e. The third-order valence-electron chi connectivity index (χ3n) is 1.44. The quantitative estimate of drug-likeness (QED) is 0.531. The van der Waals surface area contributed by atoms with Crippen molar-refractivity contribution >= 4 is 11.3 Å². The highest BCUT2D eigenvalue weighted by Gasteiger charge is 2.02. The second-order valence-corrected chi connectivity index (χ2v) is 2.37. The summed E-state index contributed by atoms with van der Waals surface area (Å²) in [5.41, 5.74) is 2.20. The number of aromatic nitrogens is 5. The zero-order valence-electron chi connectivity index (χ0n) is 6.31. The van der Waals surface area contributed by atoms with Crippen molar-refractivity contribution in [2.24, 2.45) is 7.05 Å². The van der Waals surface area contributed by atoms with Crippen molar-refractivity contribution in [1.82, 2.24) is 25.0 Å². The van der Waals surface area contributed by atoms with Crippen molar-refractivity contribution in [3.63, 3.8) is 0 Å². The standard InChI is InChI=1S/C6H7N5/c1-4-3-7-5-6(8-4)11(2)10-9-5/h3H,1-2H3. The van der Waals surface area contributed by atoms with E-state index in [1.165, 1.54) is 0 Å². The van der Waals surface area contributed by atoms with Gasteiger partial charge in [0, 0.05) is 7.05 Å². The number of rotatable bonds is 0. The van der Waals surface area contributed by atoms with Crippen LogP contribution >= 0.6 is 0 Å². The molecule has 11 heavy (non-hydrogen) atoms. The minimum atomic E-state index is 0.595. The predicted octanol–water partition coefficient (Wildman–Crippen LogP) is 0.0667. The molecule has 0 aromatic carbocycles. The van der Waals surface area contributed by atoms with Gasteiger partial charge in [-0.15, -0.1) is 5.10 Å². The molecule has 0 amide bonds. The van der Waals surface area contributed by atoms with Crippen LogP contribution in [0.5, 0.6) is 0 Å². The van der Waals surface area contributed by atoms with Crippen LogP contribution in [-0.4, -0.2) is 25.0 Å². The Morgan fingerprint density at radius 1 is 1.45 bits per heavy atom. The number of fused-ring (bicyclic) bond motifs is 1. The van der Waals surface area contributed by atoms with Crippen molar-refractivity contribution in [3.8, 4) is 0 Å². The van der Waals surface area contributed by atoms with E-state index in [-0.39, 0.29) is 0 Å². The Bertz CT molecular complexity index is 391. The summed E-state index contributed by atoms with van der Waals surface area (Å²) in [7, 11) is 1.80. The Morgan fingerprint density at radius 3 is 3.09 bits per heavy atom. The van der Waals surface area contributed by atoms with E-state index in [0.29, 0.717) is 5.65 Å². The van der Waals surface area contributed by atoms with E-state index in [4.69, 9.17) is 0 Å². The van der Waals surface area contributed by atoms with Gasteiger partial charge >= 0.3 is 0 Å². The second-order valence-electron chi connectivity index (χ2n) is 2.37. The molecule has 2 heterocycles. The van der Waals surface area contributed by atoms with Crippen LogP contribution in [0.4, 0.5) is 0 Å². The first-order chi connectivity index (χ1) is 5.27. The Hall–Kier alpha value is -1.52. The van der Waals surface area contributed by atoms with E-state index in [1.807, 2.05) is 6.92 Å². The van der Waals surface area contributed by atoms with E-state index < -0.39 is 0 Å². The molecule has 5 heteroatoms. The van der Waals surface area contributed by atoms with Crippen LogP contribution in [0.25, 0.3) is 11.3 Å². The lowest BCUT2D eigenvalue weighted by Gasteiger charge is -1.90. The highest BCUT2D eigenvalue weighted by molar-refractivity contribution is 5.63. The molecule has 0 aliphatic carbocycles. The summed E-state index contributed by atoms with van der Waals surface area (Å²) < 4.78 is 1.61. The largest absolute Gasteiger partial charge is 0.230 e. The number of hydrogen-bond donors (Lipinski definition) is 0. The van der Waals surface area contributed by atoms with Crippen molar-refractivity contribution < 1.29 is 0 Å². The maximum atomic E-state index is 4.21. The molecule has 0 saturated heterocycles. The van der Waals surface area contributed by atoms with Crippen LogP contribution in [-0.2, 0) is 7.05 Å². The SMILES string of the molecule is Cc1cnc2nnn(C)c2n1. The van der Waals surface area contributed by atoms with Gasteiger partial charge in [0.05, 0.1) is 11.9 Å². The molecule has 0 saturated carbocycles. The lowest BCUT2D eigenvalue weighted by Crippen LogP contribution is -1.93. The van der Waals surface area contributed by atoms with Gasteiger partial charge in [-0.25, -0.2) is 14.6 Å². The fourth-order valence-electron chi connectivity index (χ4n) is 0.898. The molecular formula is C6H7N5. The second kappa shape index (κ2) is 1.98. The summed E-state index contributed by atoms with van der Waals surface area (Å²) in [6.45, 7) is 1.89. The van der Waals surface area contributed by atoms with Gasteiger partial charge < -0.3 is 0 Å².